The lowest BCUT2D eigenvalue weighted by Crippen LogP contribution is -2.30. The minimum Gasteiger partial charge on any atom is -0.457 e. The van der Waals surface area contributed by atoms with E-state index in [9.17, 15) is 14.9 Å². The van der Waals surface area contributed by atoms with E-state index in [1.807, 2.05) is 37.3 Å². The first-order valence-corrected chi connectivity index (χ1v) is 10.7. The molecule has 5 rings (SSSR count). The summed E-state index contributed by atoms with van der Waals surface area (Å²) in [6.45, 7) is 2.21. The molecule has 0 bridgehead atoms. The molecule has 0 saturated heterocycles. The molecule has 1 amide bonds. The summed E-state index contributed by atoms with van der Waals surface area (Å²) in [5, 5.41) is 12.0. The number of rotatable bonds is 5. The highest BCUT2D eigenvalue weighted by molar-refractivity contribution is 6.12. The number of hydrogen-bond acceptors (Lipinski definition) is 5. The second-order valence-corrected chi connectivity index (χ2v) is 7.94. The molecule has 4 aromatic carbocycles. The lowest BCUT2D eigenvalue weighted by molar-refractivity contribution is -0.385. The fourth-order valence-corrected chi connectivity index (χ4v) is 3.98. The highest BCUT2D eigenvalue weighted by Gasteiger charge is 2.35. The molecule has 34 heavy (non-hydrogen) atoms. The van der Waals surface area contributed by atoms with E-state index in [2.05, 4.69) is 0 Å². The minimum atomic E-state index is -0.585. The van der Waals surface area contributed by atoms with Gasteiger partial charge in [0.15, 0.2) is 17.1 Å². The smallest absolute Gasteiger partial charge is 0.289 e. The molecule has 1 aliphatic rings. The zero-order valence-electron chi connectivity index (χ0n) is 18.3. The normalized spacial score (nSPS) is 12.3. The molecule has 1 heterocycles. The highest BCUT2D eigenvalue weighted by Crippen LogP contribution is 2.45. The molecule has 7 heteroatoms. The van der Waals surface area contributed by atoms with Gasteiger partial charge in [0.1, 0.15) is 11.5 Å². The van der Waals surface area contributed by atoms with Gasteiger partial charge >= 0.3 is 0 Å². The zero-order valence-corrected chi connectivity index (χ0v) is 18.3. The van der Waals surface area contributed by atoms with Crippen LogP contribution in [0.3, 0.4) is 0 Å². The molecule has 0 N–H and O–H groups in total. The number of hydrogen-bond donors (Lipinski definition) is 0. The van der Waals surface area contributed by atoms with Crippen LogP contribution in [-0.2, 0) is 6.54 Å². The Morgan fingerprint density at radius 2 is 1.65 bits per heavy atom. The fourth-order valence-electron chi connectivity index (χ4n) is 3.98. The van der Waals surface area contributed by atoms with Crippen molar-refractivity contribution in [1.29, 1.82) is 0 Å². The maximum atomic E-state index is 13.8. The van der Waals surface area contributed by atoms with E-state index < -0.39 is 10.8 Å². The summed E-state index contributed by atoms with van der Waals surface area (Å²) >= 11 is 0. The van der Waals surface area contributed by atoms with Crippen LogP contribution in [0, 0.1) is 17.0 Å². The van der Waals surface area contributed by atoms with E-state index >= 15 is 0 Å². The Balaban J connectivity index is 1.64. The summed E-state index contributed by atoms with van der Waals surface area (Å²) < 4.78 is 11.9. The van der Waals surface area contributed by atoms with Crippen LogP contribution in [0.4, 0.5) is 11.4 Å². The quantitative estimate of drug-likeness (QED) is 0.250. The van der Waals surface area contributed by atoms with Crippen molar-refractivity contribution in [3.63, 3.8) is 0 Å². The molecule has 0 spiro atoms. The molecule has 4 aromatic rings. The zero-order chi connectivity index (χ0) is 23.7. The second-order valence-electron chi connectivity index (χ2n) is 7.94. The highest BCUT2D eigenvalue weighted by atomic mass is 16.6. The van der Waals surface area contributed by atoms with Gasteiger partial charge in [-0.2, -0.15) is 0 Å². The number of ether oxygens (including phenoxy) is 2. The van der Waals surface area contributed by atoms with Crippen LogP contribution in [0.25, 0.3) is 0 Å². The Morgan fingerprint density at radius 3 is 2.41 bits per heavy atom. The first-order valence-electron chi connectivity index (χ1n) is 10.7. The molecular formula is C27H20N2O5. The monoisotopic (exact) mass is 452 g/mol. The van der Waals surface area contributed by atoms with Crippen molar-refractivity contribution in [3.8, 4) is 23.0 Å². The van der Waals surface area contributed by atoms with E-state index in [4.69, 9.17) is 9.47 Å². The van der Waals surface area contributed by atoms with Gasteiger partial charge in [-0.3, -0.25) is 14.9 Å². The van der Waals surface area contributed by atoms with Crippen molar-refractivity contribution in [2.45, 2.75) is 13.5 Å². The van der Waals surface area contributed by atoms with Gasteiger partial charge in [0.25, 0.3) is 11.6 Å². The van der Waals surface area contributed by atoms with Crippen molar-refractivity contribution >= 4 is 17.3 Å². The van der Waals surface area contributed by atoms with Crippen molar-refractivity contribution in [3.05, 3.63) is 118 Å². The number of nitro benzene ring substituents is 1. The van der Waals surface area contributed by atoms with E-state index in [0.717, 1.165) is 11.1 Å². The SMILES string of the molecule is Cc1cccc(CN2C(=O)c3c(cc(Oc4ccccc4)cc3[N+](=O)[O-])Oc3ccccc32)c1. The number of anilines is 1. The van der Waals surface area contributed by atoms with Gasteiger partial charge in [-0.15, -0.1) is 0 Å². The molecule has 1 aliphatic heterocycles. The molecule has 0 fully saturated rings. The number of amides is 1. The second kappa shape index (κ2) is 8.71. The summed E-state index contributed by atoms with van der Waals surface area (Å²) in [5.41, 5.74) is 1.99. The van der Waals surface area contributed by atoms with Crippen LogP contribution in [-0.4, -0.2) is 10.8 Å². The molecular weight excluding hydrogens is 432 g/mol. The Labute approximate surface area is 195 Å². The van der Waals surface area contributed by atoms with E-state index in [1.165, 1.54) is 17.0 Å². The van der Waals surface area contributed by atoms with E-state index in [0.29, 0.717) is 17.2 Å². The Bertz CT molecular complexity index is 1400. The number of aryl methyl sites for hydroxylation is 1. The fraction of sp³-hybridized carbons (Fsp3) is 0.0741. The summed E-state index contributed by atoms with van der Waals surface area (Å²) in [5.74, 6) is 0.699. The van der Waals surface area contributed by atoms with Gasteiger partial charge in [0.05, 0.1) is 23.2 Å². The van der Waals surface area contributed by atoms with Crippen molar-refractivity contribution in [2.24, 2.45) is 0 Å². The van der Waals surface area contributed by atoms with Gasteiger partial charge in [-0.1, -0.05) is 60.2 Å². The van der Waals surface area contributed by atoms with Crippen LogP contribution in [0.5, 0.6) is 23.0 Å². The van der Waals surface area contributed by atoms with Gasteiger partial charge in [0, 0.05) is 6.07 Å². The number of para-hydroxylation sites is 3. The predicted molar refractivity (Wildman–Crippen MR) is 128 cm³/mol. The average Bonchev–Trinajstić information content (AvgIpc) is 2.94. The van der Waals surface area contributed by atoms with Gasteiger partial charge in [-0.25, -0.2) is 0 Å². The summed E-state index contributed by atoms with van der Waals surface area (Å²) in [6.07, 6.45) is 0. The summed E-state index contributed by atoms with van der Waals surface area (Å²) in [7, 11) is 0. The van der Waals surface area contributed by atoms with Gasteiger partial charge in [0.2, 0.25) is 0 Å². The molecule has 0 aromatic heterocycles. The van der Waals surface area contributed by atoms with E-state index in [-0.39, 0.29) is 29.3 Å². The first-order chi connectivity index (χ1) is 16.5. The predicted octanol–water partition coefficient (Wildman–Crippen LogP) is 6.65. The van der Waals surface area contributed by atoms with E-state index in [1.54, 1.807) is 48.5 Å². The van der Waals surface area contributed by atoms with Crippen LogP contribution < -0.4 is 14.4 Å². The summed E-state index contributed by atoms with van der Waals surface area (Å²) in [4.78, 5) is 26.8. The molecule has 0 aliphatic carbocycles. The Morgan fingerprint density at radius 1 is 0.882 bits per heavy atom. The molecule has 7 nitrogen and oxygen atoms in total. The number of nitrogens with zero attached hydrogens (tertiary/aromatic N) is 2. The number of benzene rings is 4. The van der Waals surface area contributed by atoms with Gasteiger partial charge < -0.3 is 14.4 Å². The third kappa shape index (κ3) is 4.06. The number of nitro groups is 1. The Kier molecular flexibility index (Phi) is 5.43. The van der Waals surface area contributed by atoms with Crippen molar-refractivity contribution in [2.75, 3.05) is 4.90 Å². The van der Waals surface area contributed by atoms with Crippen LogP contribution >= 0.6 is 0 Å². The minimum absolute atomic E-state index is 0.0734. The topological polar surface area (TPSA) is 81.9 Å². The van der Waals surface area contributed by atoms with Crippen molar-refractivity contribution in [1.82, 2.24) is 0 Å². The molecule has 0 atom stereocenters. The molecule has 0 saturated carbocycles. The lowest BCUT2D eigenvalue weighted by atomic mass is 10.1. The van der Waals surface area contributed by atoms with Gasteiger partial charge in [-0.05, 0) is 36.8 Å². The van der Waals surface area contributed by atoms with Crippen molar-refractivity contribution < 1.29 is 19.2 Å². The number of carbonyl (C=O) groups excluding carboxylic acids is 1. The molecule has 0 radical (unpaired) electrons. The number of carbonyl (C=O) groups is 1. The molecule has 0 unspecified atom stereocenters. The maximum absolute atomic E-state index is 13.8. The third-order valence-corrected chi connectivity index (χ3v) is 5.49. The summed E-state index contributed by atoms with van der Waals surface area (Å²) in [6, 6.07) is 26.6. The largest absolute Gasteiger partial charge is 0.457 e. The lowest BCUT2D eigenvalue weighted by Gasteiger charge is -2.22. The Hall–Kier alpha value is -4.65. The van der Waals surface area contributed by atoms with Crippen LogP contribution in [0.1, 0.15) is 21.5 Å². The molecule has 168 valence electrons. The number of fused-ring (bicyclic) bond motifs is 2. The first kappa shape index (κ1) is 21.2. The van der Waals surface area contributed by atoms with Crippen LogP contribution in [0.2, 0.25) is 0 Å². The average molecular weight is 452 g/mol. The standard InChI is InChI=1S/C27H20N2O5/c1-18-8-7-9-19(14-18)17-28-22-12-5-6-13-24(22)34-25-16-21(33-20-10-3-2-4-11-20)15-23(29(31)32)26(25)27(28)30/h2-16H,17H2,1H3. The third-order valence-electron chi connectivity index (χ3n) is 5.49. The van der Waals surface area contributed by atoms with Crippen LogP contribution in [0.15, 0.2) is 91.0 Å². The maximum Gasteiger partial charge on any atom is 0.289 e.